The van der Waals surface area contributed by atoms with Crippen molar-refractivity contribution >= 4 is 40.7 Å². The van der Waals surface area contributed by atoms with Gasteiger partial charge in [-0.25, -0.2) is 4.39 Å². The smallest absolute Gasteiger partial charge is 0.175 e. The van der Waals surface area contributed by atoms with Crippen LogP contribution in [0.5, 0.6) is 11.5 Å². The molecule has 27 heavy (non-hydrogen) atoms. The number of ether oxygens (including phenoxy) is 2. The lowest BCUT2D eigenvalue weighted by Gasteiger charge is -2.15. The summed E-state index contributed by atoms with van der Waals surface area (Å²) in [7, 11) is 3.57. The maximum absolute atomic E-state index is 13.0. The van der Waals surface area contributed by atoms with Crippen LogP contribution in [0.2, 0.25) is 0 Å². The van der Waals surface area contributed by atoms with E-state index in [2.05, 4.69) is 26.6 Å². The van der Waals surface area contributed by atoms with Crippen LogP contribution in [-0.2, 0) is 13.2 Å². The molecule has 152 valence electrons. The lowest BCUT2D eigenvalue weighted by atomic mass is 10.2. The SMILES string of the molecule is CNCCCNCc1cc(Br)c(OCc2ccc(F)cc2)c(OC)c1.Cl.Cl. The Labute approximate surface area is 181 Å². The Bertz CT molecular complexity index is 676. The van der Waals surface area contributed by atoms with Gasteiger partial charge in [-0.3, -0.25) is 0 Å². The van der Waals surface area contributed by atoms with Crippen molar-refractivity contribution in [2.45, 2.75) is 19.6 Å². The molecule has 0 bridgehead atoms. The average molecular weight is 484 g/mol. The van der Waals surface area contributed by atoms with Gasteiger partial charge in [-0.05, 0) is 77.9 Å². The van der Waals surface area contributed by atoms with E-state index in [0.29, 0.717) is 18.1 Å². The van der Waals surface area contributed by atoms with E-state index in [1.807, 2.05) is 19.2 Å². The van der Waals surface area contributed by atoms with Gasteiger partial charge < -0.3 is 20.1 Å². The summed E-state index contributed by atoms with van der Waals surface area (Å²) >= 11 is 3.56. The molecule has 0 unspecified atom stereocenters. The Balaban J connectivity index is 0.00000338. The van der Waals surface area contributed by atoms with Gasteiger partial charge in [-0.2, -0.15) is 0 Å². The molecule has 0 aliphatic rings. The van der Waals surface area contributed by atoms with Crippen molar-refractivity contribution in [2.24, 2.45) is 0 Å². The van der Waals surface area contributed by atoms with Gasteiger partial charge in [0, 0.05) is 6.54 Å². The summed E-state index contributed by atoms with van der Waals surface area (Å²) < 4.78 is 25.1. The summed E-state index contributed by atoms with van der Waals surface area (Å²) in [4.78, 5) is 0. The molecule has 0 aliphatic heterocycles. The highest BCUT2D eigenvalue weighted by atomic mass is 79.9. The molecule has 0 spiro atoms. The van der Waals surface area contributed by atoms with E-state index < -0.39 is 0 Å². The molecule has 0 heterocycles. The van der Waals surface area contributed by atoms with Crippen molar-refractivity contribution < 1.29 is 13.9 Å². The minimum absolute atomic E-state index is 0. The second-order valence-corrected chi connectivity index (χ2v) is 6.51. The molecule has 0 amide bonds. The van der Waals surface area contributed by atoms with Crippen LogP contribution in [0.25, 0.3) is 0 Å². The van der Waals surface area contributed by atoms with Gasteiger partial charge in [0.05, 0.1) is 11.6 Å². The second-order valence-electron chi connectivity index (χ2n) is 5.66. The zero-order chi connectivity index (χ0) is 18.1. The second kappa shape index (κ2) is 14.0. The van der Waals surface area contributed by atoms with Crippen LogP contribution in [0.1, 0.15) is 17.5 Å². The molecule has 0 saturated carbocycles. The van der Waals surface area contributed by atoms with Crippen molar-refractivity contribution in [1.82, 2.24) is 10.6 Å². The van der Waals surface area contributed by atoms with E-state index in [1.165, 1.54) is 12.1 Å². The van der Waals surface area contributed by atoms with Crippen LogP contribution in [-0.4, -0.2) is 27.2 Å². The van der Waals surface area contributed by atoms with Gasteiger partial charge in [0.25, 0.3) is 0 Å². The number of nitrogens with one attached hydrogen (secondary N) is 2. The highest BCUT2D eigenvalue weighted by Crippen LogP contribution is 2.37. The van der Waals surface area contributed by atoms with Crippen molar-refractivity contribution in [3.63, 3.8) is 0 Å². The highest BCUT2D eigenvalue weighted by molar-refractivity contribution is 9.10. The lowest BCUT2D eigenvalue weighted by Crippen LogP contribution is -2.19. The van der Waals surface area contributed by atoms with Gasteiger partial charge in [-0.1, -0.05) is 12.1 Å². The maximum atomic E-state index is 13.0. The first-order valence-electron chi connectivity index (χ1n) is 8.23. The molecule has 0 aliphatic carbocycles. The molecule has 4 nitrogen and oxygen atoms in total. The molecule has 2 aromatic rings. The van der Waals surface area contributed by atoms with Crippen molar-refractivity contribution in [1.29, 1.82) is 0 Å². The Morgan fingerprint density at radius 2 is 1.74 bits per heavy atom. The van der Waals surface area contributed by atoms with Gasteiger partial charge in [0.15, 0.2) is 11.5 Å². The summed E-state index contributed by atoms with van der Waals surface area (Å²) in [6.07, 6.45) is 1.08. The molecule has 8 heteroatoms. The summed E-state index contributed by atoms with van der Waals surface area (Å²) in [6.45, 7) is 3.05. The summed E-state index contributed by atoms with van der Waals surface area (Å²) in [5.41, 5.74) is 2.01. The Kier molecular flexibility index (Phi) is 13.5. The fourth-order valence-electron chi connectivity index (χ4n) is 2.37. The molecule has 0 atom stereocenters. The molecule has 2 aromatic carbocycles. The van der Waals surface area contributed by atoms with Crippen molar-refractivity contribution in [3.05, 3.63) is 57.8 Å². The van der Waals surface area contributed by atoms with Gasteiger partial charge >= 0.3 is 0 Å². The quantitative estimate of drug-likeness (QED) is 0.480. The zero-order valence-corrected chi connectivity index (χ0v) is 18.6. The predicted octanol–water partition coefficient (Wildman–Crippen LogP) is 4.72. The largest absolute Gasteiger partial charge is 0.493 e. The van der Waals surface area contributed by atoms with E-state index in [9.17, 15) is 4.39 Å². The predicted molar refractivity (Wildman–Crippen MR) is 116 cm³/mol. The number of hydrogen-bond acceptors (Lipinski definition) is 4. The van der Waals surface area contributed by atoms with Crippen LogP contribution in [0.3, 0.4) is 0 Å². The molecule has 0 fully saturated rings. The number of benzene rings is 2. The van der Waals surface area contributed by atoms with Gasteiger partial charge in [-0.15, -0.1) is 24.8 Å². The maximum Gasteiger partial charge on any atom is 0.175 e. The van der Waals surface area contributed by atoms with Crippen LogP contribution in [0.15, 0.2) is 40.9 Å². The fourth-order valence-corrected chi connectivity index (χ4v) is 2.98. The Hall–Kier alpha value is -1.05. The third-order valence-corrected chi connectivity index (χ3v) is 4.28. The summed E-state index contributed by atoms with van der Waals surface area (Å²) in [5, 5.41) is 6.53. The molecular formula is C19H26BrCl2FN2O2. The first-order valence-corrected chi connectivity index (χ1v) is 9.02. The Morgan fingerprint density at radius 3 is 2.37 bits per heavy atom. The topological polar surface area (TPSA) is 42.5 Å². The first-order chi connectivity index (χ1) is 12.1. The minimum Gasteiger partial charge on any atom is -0.493 e. The van der Waals surface area contributed by atoms with Crippen molar-refractivity contribution in [2.75, 3.05) is 27.2 Å². The number of rotatable bonds is 10. The standard InChI is InChI=1S/C19H24BrFN2O2.2ClH/c1-22-8-3-9-23-12-15-10-17(20)19(18(11-15)24-2)25-13-14-4-6-16(21)7-5-14;;/h4-7,10-11,22-23H,3,8-9,12-13H2,1-2H3;2*1H. The normalized spacial score (nSPS) is 9.93. The van der Waals surface area contributed by atoms with E-state index >= 15 is 0 Å². The van der Waals surface area contributed by atoms with Crippen LogP contribution >= 0.6 is 40.7 Å². The van der Waals surface area contributed by atoms with E-state index in [-0.39, 0.29) is 30.6 Å². The van der Waals surface area contributed by atoms with Crippen LogP contribution in [0, 0.1) is 5.82 Å². The van der Waals surface area contributed by atoms with E-state index in [1.54, 1.807) is 19.2 Å². The van der Waals surface area contributed by atoms with Crippen molar-refractivity contribution in [3.8, 4) is 11.5 Å². The molecule has 0 aromatic heterocycles. The fraction of sp³-hybridized carbons (Fsp3) is 0.368. The molecule has 2 N–H and O–H groups in total. The number of methoxy groups -OCH3 is 1. The van der Waals surface area contributed by atoms with E-state index in [0.717, 1.165) is 41.7 Å². The number of halogens is 4. The Morgan fingerprint density at radius 1 is 1.04 bits per heavy atom. The lowest BCUT2D eigenvalue weighted by molar-refractivity contribution is 0.282. The summed E-state index contributed by atoms with van der Waals surface area (Å²) in [6, 6.07) is 10.3. The zero-order valence-electron chi connectivity index (χ0n) is 15.4. The molecule has 0 radical (unpaired) electrons. The molecule has 2 rings (SSSR count). The van der Waals surface area contributed by atoms with Gasteiger partial charge in [0.1, 0.15) is 12.4 Å². The van der Waals surface area contributed by atoms with Gasteiger partial charge in [0.2, 0.25) is 0 Å². The molecule has 0 saturated heterocycles. The third kappa shape index (κ3) is 8.66. The van der Waals surface area contributed by atoms with Crippen LogP contribution < -0.4 is 20.1 Å². The third-order valence-electron chi connectivity index (χ3n) is 3.70. The first kappa shape index (κ1) is 26.0. The van der Waals surface area contributed by atoms with Crippen LogP contribution in [0.4, 0.5) is 4.39 Å². The highest BCUT2D eigenvalue weighted by Gasteiger charge is 2.12. The monoisotopic (exact) mass is 482 g/mol. The van der Waals surface area contributed by atoms with E-state index in [4.69, 9.17) is 9.47 Å². The number of hydrogen-bond donors (Lipinski definition) is 2. The molecular weight excluding hydrogens is 458 g/mol. The minimum atomic E-state index is -0.255. The average Bonchev–Trinajstić information content (AvgIpc) is 2.61. The summed E-state index contributed by atoms with van der Waals surface area (Å²) in [5.74, 6) is 1.06.